The molecular weight excluding hydrogens is 268 g/mol. The number of hydrogen-bond acceptors (Lipinski definition) is 5. The molecule has 0 aliphatic carbocycles. The van der Waals surface area contributed by atoms with Crippen molar-refractivity contribution in [1.82, 2.24) is 4.90 Å². The highest BCUT2D eigenvalue weighted by Crippen LogP contribution is 2.22. The van der Waals surface area contributed by atoms with E-state index in [1.165, 1.54) is 7.11 Å². The van der Waals surface area contributed by atoms with Gasteiger partial charge in [-0.3, -0.25) is 4.90 Å². The molecule has 1 fully saturated rings. The maximum atomic E-state index is 12.3. The molecule has 1 aliphatic rings. The van der Waals surface area contributed by atoms with Crippen LogP contribution >= 0.6 is 0 Å². The topological polar surface area (TPSA) is 64.8 Å². The first-order chi connectivity index (χ1) is 10.1. The summed E-state index contributed by atoms with van der Waals surface area (Å²) in [5, 5.41) is 0. The van der Waals surface area contributed by atoms with E-state index < -0.39 is 11.5 Å². The molecule has 0 radical (unpaired) electrons. The van der Waals surface area contributed by atoms with E-state index in [-0.39, 0.29) is 6.10 Å². The zero-order valence-corrected chi connectivity index (χ0v) is 12.7. The lowest BCUT2D eigenvalue weighted by atomic mass is 9.90. The molecular formula is C16H24N2O3. The minimum absolute atomic E-state index is 0.144. The number of carbonyl (C=O) groups is 1. The molecule has 0 spiro atoms. The van der Waals surface area contributed by atoms with Gasteiger partial charge in [-0.15, -0.1) is 0 Å². The Morgan fingerprint density at radius 2 is 2.19 bits per heavy atom. The fourth-order valence-electron chi connectivity index (χ4n) is 2.77. The summed E-state index contributed by atoms with van der Waals surface area (Å²) in [7, 11) is 1.38. The number of rotatable bonds is 4. The average molecular weight is 292 g/mol. The van der Waals surface area contributed by atoms with Crippen LogP contribution in [0.1, 0.15) is 18.9 Å². The Balaban J connectivity index is 2.22. The van der Waals surface area contributed by atoms with E-state index in [1.54, 1.807) is 0 Å². The maximum absolute atomic E-state index is 12.3. The molecule has 1 heterocycles. The maximum Gasteiger partial charge on any atom is 0.331 e. The summed E-state index contributed by atoms with van der Waals surface area (Å²) in [6.07, 6.45) is 1.08. The number of hydrogen-bond donors (Lipinski definition) is 1. The summed E-state index contributed by atoms with van der Waals surface area (Å²) >= 11 is 0. The highest BCUT2D eigenvalue weighted by atomic mass is 16.5. The van der Waals surface area contributed by atoms with Crippen LogP contribution in [0.2, 0.25) is 0 Å². The molecule has 2 unspecified atom stereocenters. The molecule has 0 bridgehead atoms. The molecule has 2 N–H and O–H groups in total. The molecule has 5 heteroatoms. The van der Waals surface area contributed by atoms with Crippen LogP contribution < -0.4 is 5.73 Å². The second kappa shape index (κ2) is 7.02. The standard InChI is InChI=1S/C16H24N2O3/c1-13-11-18(9-6-10-21-13)12-16(17,15(19)20-2)14-7-4-3-5-8-14/h3-5,7-8,13H,6,9-12,17H2,1-2H3. The smallest absolute Gasteiger partial charge is 0.331 e. The largest absolute Gasteiger partial charge is 0.467 e. The first kappa shape index (κ1) is 15.9. The summed E-state index contributed by atoms with van der Waals surface area (Å²) in [4.78, 5) is 14.5. The fourth-order valence-corrected chi connectivity index (χ4v) is 2.77. The van der Waals surface area contributed by atoms with Crippen molar-refractivity contribution in [3.8, 4) is 0 Å². The van der Waals surface area contributed by atoms with Crippen molar-refractivity contribution in [2.24, 2.45) is 5.73 Å². The molecule has 0 aromatic heterocycles. The van der Waals surface area contributed by atoms with Gasteiger partial charge in [-0.05, 0) is 18.9 Å². The average Bonchev–Trinajstić information content (AvgIpc) is 2.71. The summed E-state index contributed by atoms with van der Waals surface area (Å²) in [6.45, 7) is 4.85. The number of methoxy groups -OCH3 is 1. The monoisotopic (exact) mass is 292 g/mol. The van der Waals surface area contributed by atoms with E-state index in [2.05, 4.69) is 4.90 Å². The van der Waals surface area contributed by atoms with Crippen LogP contribution in [0.3, 0.4) is 0 Å². The van der Waals surface area contributed by atoms with E-state index in [0.717, 1.165) is 31.7 Å². The predicted octanol–water partition coefficient (Wildman–Crippen LogP) is 1.12. The fraction of sp³-hybridized carbons (Fsp3) is 0.562. The summed E-state index contributed by atoms with van der Waals surface area (Å²) in [5.41, 5.74) is 6.06. The molecule has 0 saturated carbocycles. The van der Waals surface area contributed by atoms with Crippen LogP contribution in [-0.4, -0.2) is 50.3 Å². The number of carbonyl (C=O) groups excluding carboxylic acids is 1. The Morgan fingerprint density at radius 3 is 2.86 bits per heavy atom. The van der Waals surface area contributed by atoms with Crippen molar-refractivity contribution >= 4 is 5.97 Å². The number of esters is 1. The van der Waals surface area contributed by atoms with Gasteiger partial charge in [0.2, 0.25) is 0 Å². The molecule has 1 aromatic rings. The highest BCUT2D eigenvalue weighted by Gasteiger charge is 2.39. The van der Waals surface area contributed by atoms with Crippen molar-refractivity contribution in [2.75, 3.05) is 33.4 Å². The van der Waals surface area contributed by atoms with Gasteiger partial charge in [-0.2, -0.15) is 0 Å². The Bertz CT molecular complexity index is 466. The number of nitrogens with zero attached hydrogens (tertiary/aromatic N) is 1. The zero-order chi connectivity index (χ0) is 15.3. The normalized spacial score (nSPS) is 23.1. The summed E-state index contributed by atoms with van der Waals surface area (Å²) in [6, 6.07) is 9.41. The molecule has 5 nitrogen and oxygen atoms in total. The third-order valence-electron chi connectivity index (χ3n) is 3.85. The van der Waals surface area contributed by atoms with Gasteiger partial charge in [0.15, 0.2) is 5.54 Å². The number of ether oxygens (including phenoxy) is 2. The van der Waals surface area contributed by atoms with Crippen LogP contribution in [0.25, 0.3) is 0 Å². The van der Waals surface area contributed by atoms with E-state index in [0.29, 0.717) is 6.54 Å². The van der Waals surface area contributed by atoms with Crippen LogP contribution in [0.4, 0.5) is 0 Å². The predicted molar refractivity (Wildman–Crippen MR) is 80.8 cm³/mol. The van der Waals surface area contributed by atoms with Gasteiger partial charge in [0.05, 0.1) is 13.2 Å². The summed E-state index contributed by atoms with van der Waals surface area (Å²) < 4.78 is 10.6. The van der Waals surface area contributed by atoms with E-state index in [1.807, 2.05) is 37.3 Å². The first-order valence-corrected chi connectivity index (χ1v) is 7.33. The Morgan fingerprint density at radius 1 is 1.48 bits per heavy atom. The molecule has 21 heavy (non-hydrogen) atoms. The van der Waals surface area contributed by atoms with Crippen molar-refractivity contribution in [3.05, 3.63) is 35.9 Å². The van der Waals surface area contributed by atoms with Crippen LogP contribution in [0.5, 0.6) is 0 Å². The Hall–Kier alpha value is -1.43. The van der Waals surface area contributed by atoms with Crippen molar-refractivity contribution in [1.29, 1.82) is 0 Å². The van der Waals surface area contributed by atoms with Crippen molar-refractivity contribution in [2.45, 2.75) is 25.0 Å². The van der Waals surface area contributed by atoms with Gasteiger partial charge < -0.3 is 15.2 Å². The third-order valence-corrected chi connectivity index (χ3v) is 3.85. The molecule has 1 aromatic carbocycles. The van der Waals surface area contributed by atoms with E-state index in [9.17, 15) is 4.79 Å². The van der Waals surface area contributed by atoms with Gasteiger partial charge in [0.1, 0.15) is 0 Å². The minimum Gasteiger partial charge on any atom is -0.467 e. The lowest BCUT2D eigenvalue weighted by Crippen LogP contribution is -2.54. The van der Waals surface area contributed by atoms with Gasteiger partial charge in [-0.1, -0.05) is 30.3 Å². The lowest BCUT2D eigenvalue weighted by Gasteiger charge is -2.33. The number of benzene rings is 1. The lowest BCUT2D eigenvalue weighted by molar-refractivity contribution is -0.148. The molecule has 1 aliphatic heterocycles. The summed E-state index contributed by atoms with van der Waals surface area (Å²) in [5.74, 6) is -0.411. The van der Waals surface area contributed by atoms with E-state index >= 15 is 0 Å². The SMILES string of the molecule is COC(=O)C(N)(CN1CCCOC(C)C1)c1ccccc1. The number of nitrogens with two attached hydrogens (primary N) is 1. The van der Waals surface area contributed by atoms with Crippen LogP contribution in [-0.2, 0) is 19.8 Å². The van der Waals surface area contributed by atoms with E-state index in [4.69, 9.17) is 15.2 Å². The van der Waals surface area contributed by atoms with Gasteiger partial charge in [-0.25, -0.2) is 4.79 Å². The van der Waals surface area contributed by atoms with Gasteiger partial charge in [0, 0.05) is 26.2 Å². The molecule has 0 amide bonds. The van der Waals surface area contributed by atoms with Gasteiger partial charge >= 0.3 is 5.97 Å². The van der Waals surface area contributed by atoms with Crippen molar-refractivity contribution < 1.29 is 14.3 Å². The van der Waals surface area contributed by atoms with Crippen LogP contribution in [0, 0.1) is 0 Å². The highest BCUT2D eigenvalue weighted by molar-refractivity contribution is 5.82. The first-order valence-electron chi connectivity index (χ1n) is 7.33. The van der Waals surface area contributed by atoms with Crippen LogP contribution in [0.15, 0.2) is 30.3 Å². The Kier molecular flexibility index (Phi) is 5.33. The molecule has 116 valence electrons. The quantitative estimate of drug-likeness (QED) is 0.843. The van der Waals surface area contributed by atoms with Crippen molar-refractivity contribution in [3.63, 3.8) is 0 Å². The second-order valence-electron chi connectivity index (χ2n) is 5.60. The Labute approximate surface area is 126 Å². The second-order valence-corrected chi connectivity index (χ2v) is 5.60. The molecule has 1 saturated heterocycles. The molecule has 2 atom stereocenters. The van der Waals surface area contributed by atoms with Gasteiger partial charge in [0.25, 0.3) is 0 Å². The third kappa shape index (κ3) is 3.81. The zero-order valence-electron chi connectivity index (χ0n) is 12.7. The molecule has 2 rings (SSSR count). The minimum atomic E-state index is -1.15.